The van der Waals surface area contributed by atoms with Gasteiger partial charge in [-0.05, 0) is 50.6 Å². The second-order valence-electron chi connectivity index (χ2n) is 7.58. The third-order valence-electron chi connectivity index (χ3n) is 5.86. The molecule has 1 aromatic heterocycles. The Bertz CT molecular complexity index is 830. The van der Waals surface area contributed by atoms with Crippen LogP contribution in [0, 0.1) is 19.7 Å². The van der Waals surface area contributed by atoms with Crippen LogP contribution in [0.25, 0.3) is 5.69 Å². The van der Waals surface area contributed by atoms with E-state index >= 15 is 0 Å². The molecule has 2 aliphatic heterocycles. The molecule has 7 heteroatoms. The first-order valence-electron chi connectivity index (χ1n) is 9.73. The maximum atomic E-state index is 13.3. The molecular weight excluding hydrogens is 379 g/mol. The van der Waals surface area contributed by atoms with E-state index in [9.17, 15) is 9.18 Å². The SMILES string of the molecule is Cc1cc(C(=O)N2CCC(N3CCNCC3)C2)c(C)n1-c1ccc(F)cc1.Cl. The number of halogens is 2. The Kier molecular flexibility index (Phi) is 6.43. The van der Waals surface area contributed by atoms with Crippen molar-refractivity contribution in [3.63, 3.8) is 0 Å². The van der Waals surface area contributed by atoms with Crippen molar-refractivity contribution in [3.05, 3.63) is 53.1 Å². The van der Waals surface area contributed by atoms with Gasteiger partial charge in [0.1, 0.15) is 5.82 Å². The highest BCUT2D eigenvalue weighted by molar-refractivity contribution is 5.96. The van der Waals surface area contributed by atoms with Crippen LogP contribution in [0.2, 0.25) is 0 Å². The number of aromatic nitrogens is 1. The van der Waals surface area contributed by atoms with Gasteiger partial charge in [-0.25, -0.2) is 4.39 Å². The second kappa shape index (κ2) is 8.64. The number of likely N-dealkylation sites (tertiary alicyclic amines) is 1. The van der Waals surface area contributed by atoms with Gasteiger partial charge in [0, 0.05) is 62.4 Å². The number of hydrogen-bond acceptors (Lipinski definition) is 3. The van der Waals surface area contributed by atoms with Gasteiger partial charge < -0.3 is 14.8 Å². The highest BCUT2D eigenvalue weighted by Crippen LogP contribution is 2.25. The molecule has 4 rings (SSSR count). The van der Waals surface area contributed by atoms with Crippen LogP contribution in [-0.2, 0) is 0 Å². The Balaban J connectivity index is 0.00000225. The van der Waals surface area contributed by atoms with E-state index in [1.165, 1.54) is 12.1 Å². The van der Waals surface area contributed by atoms with Crippen LogP contribution in [-0.4, -0.2) is 65.6 Å². The van der Waals surface area contributed by atoms with E-state index in [4.69, 9.17) is 0 Å². The molecule has 28 heavy (non-hydrogen) atoms. The zero-order valence-corrected chi connectivity index (χ0v) is 17.3. The topological polar surface area (TPSA) is 40.5 Å². The fourth-order valence-electron chi connectivity index (χ4n) is 4.41. The van der Waals surface area contributed by atoms with E-state index in [0.717, 1.165) is 68.3 Å². The van der Waals surface area contributed by atoms with Gasteiger partial charge in [-0.3, -0.25) is 9.69 Å². The van der Waals surface area contributed by atoms with Gasteiger partial charge in [0.25, 0.3) is 5.91 Å². The van der Waals surface area contributed by atoms with Gasteiger partial charge in [0.15, 0.2) is 0 Å². The lowest BCUT2D eigenvalue weighted by Gasteiger charge is -2.32. The first kappa shape index (κ1) is 20.8. The number of aryl methyl sites for hydroxylation is 1. The minimum atomic E-state index is -0.256. The summed E-state index contributed by atoms with van der Waals surface area (Å²) in [6.45, 7) is 9.75. The third kappa shape index (κ3) is 3.95. The van der Waals surface area contributed by atoms with Gasteiger partial charge in [0.2, 0.25) is 0 Å². The molecule has 1 aromatic carbocycles. The number of piperazine rings is 1. The van der Waals surface area contributed by atoms with Crippen molar-refractivity contribution in [2.75, 3.05) is 39.3 Å². The van der Waals surface area contributed by atoms with Crippen LogP contribution in [0.4, 0.5) is 4.39 Å². The Morgan fingerprint density at radius 1 is 1.11 bits per heavy atom. The van der Waals surface area contributed by atoms with Crippen molar-refractivity contribution >= 4 is 18.3 Å². The molecule has 2 fully saturated rings. The zero-order chi connectivity index (χ0) is 19.0. The number of rotatable bonds is 3. The van der Waals surface area contributed by atoms with Gasteiger partial charge in [-0.15, -0.1) is 12.4 Å². The van der Waals surface area contributed by atoms with Crippen LogP contribution < -0.4 is 5.32 Å². The van der Waals surface area contributed by atoms with Crippen molar-refractivity contribution in [1.82, 2.24) is 19.7 Å². The molecule has 2 saturated heterocycles. The van der Waals surface area contributed by atoms with E-state index in [1.54, 1.807) is 12.1 Å². The number of carbonyl (C=O) groups excluding carboxylic acids is 1. The summed E-state index contributed by atoms with van der Waals surface area (Å²) in [7, 11) is 0. The molecule has 152 valence electrons. The van der Waals surface area contributed by atoms with Crippen LogP contribution in [0.3, 0.4) is 0 Å². The molecule has 0 radical (unpaired) electrons. The van der Waals surface area contributed by atoms with Gasteiger partial charge in [-0.1, -0.05) is 0 Å². The van der Waals surface area contributed by atoms with Crippen LogP contribution >= 0.6 is 12.4 Å². The molecular formula is C21H28ClFN4O. The fourth-order valence-corrected chi connectivity index (χ4v) is 4.41. The predicted octanol–water partition coefficient (Wildman–Crippen LogP) is 2.77. The van der Waals surface area contributed by atoms with E-state index in [1.807, 2.05) is 29.4 Å². The van der Waals surface area contributed by atoms with Gasteiger partial charge in [-0.2, -0.15) is 0 Å². The number of benzene rings is 1. The number of nitrogens with zero attached hydrogens (tertiary/aromatic N) is 3. The maximum absolute atomic E-state index is 13.3. The molecule has 1 amide bonds. The number of nitrogens with one attached hydrogen (secondary N) is 1. The van der Waals surface area contributed by atoms with Crippen LogP contribution in [0.15, 0.2) is 30.3 Å². The molecule has 3 heterocycles. The third-order valence-corrected chi connectivity index (χ3v) is 5.86. The molecule has 0 bridgehead atoms. The summed E-state index contributed by atoms with van der Waals surface area (Å²) in [6.07, 6.45) is 1.04. The summed E-state index contributed by atoms with van der Waals surface area (Å²) >= 11 is 0. The molecule has 1 atom stereocenters. The Morgan fingerprint density at radius 3 is 2.46 bits per heavy atom. The van der Waals surface area contributed by atoms with Crippen molar-refractivity contribution in [2.24, 2.45) is 0 Å². The zero-order valence-electron chi connectivity index (χ0n) is 16.4. The quantitative estimate of drug-likeness (QED) is 0.852. The Morgan fingerprint density at radius 2 is 1.79 bits per heavy atom. The van der Waals surface area contributed by atoms with E-state index in [-0.39, 0.29) is 24.1 Å². The van der Waals surface area contributed by atoms with Crippen molar-refractivity contribution in [1.29, 1.82) is 0 Å². The van der Waals surface area contributed by atoms with Crippen molar-refractivity contribution in [2.45, 2.75) is 26.3 Å². The minimum Gasteiger partial charge on any atom is -0.337 e. The standard InChI is InChI=1S/C21H27FN4O.ClH/c1-15-13-20(16(2)26(15)18-5-3-17(22)4-6-18)21(27)25-10-7-19(14-25)24-11-8-23-9-12-24;/h3-6,13,19,23H,7-12,14H2,1-2H3;1H. The number of hydrogen-bond donors (Lipinski definition) is 1. The van der Waals surface area contributed by atoms with Crippen molar-refractivity contribution in [3.8, 4) is 5.69 Å². The van der Waals surface area contributed by atoms with E-state index < -0.39 is 0 Å². The van der Waals surface area contributed by atoms with Gasteiger partial charge in [0.05, 0.1) is 5.56 Å². The molecule has 0 spiro atoms. The summed E-state index contributed by atoms with van der Waals surface area (Å²) in [5.41, 5.74) is 3.53. The highest BCUT2D eigenvalue weighted by Gasteiger charge is 2.32. The second-order valence-corrected chi connectivity index (χ2v) is 7.58. The maximum Gasteiger partial charge on any atom is 0.255 e. The highest BCUT2D eigenvalue weighted by atomic mass is 35.5. The van der Waals surface area contributed by atoms with E-state index in [2.05, 4.69) is 10.2 Å². The van der Waals surface area contributed by atoms with Crippen LogP contribution in [0.5, 0.6) is 0 Å². The van der Waals surface area contributed by atoms with E-state index in [0.29, 0.717) is 6.04 Å². The van der Waals surface area contributed by atoms with Gasteiger partial charge >= 0.3 is 0 Å². The molecule has 0 saturated carbocycles. The Hall–Kier alpha value is -1.89. The molecule has 5 nitrogen and oxygen atoms in total. The Labute approximate surface area is 171 Å². The lowest BCUT2D eigenvalue weighted by Crippen LogP contribution is -2.49. The number of amides is 1. The molecule has 2 aromatic rings. The molecule has 0 aliphatic carbocycles. The first-order valence-corrected chi connectivity index (χ1v) is 9.73. The lowest BCUT2D eigenvalue weighted by molar-refractivity contribution is 0.0773. The molecule has 1 N–H and O–H groups in total. The molecule has 1 unspecified atom stereocenters. The summed E-state index contributed by atoms with van der Waals surface area (Å²) in [4.78, 5) is 17.7. The fraction of sp³-hybridized carbons (Fsp3) is 0.476. The predicted molar refractivity (Wildman–Crippen MR) is 111 cm³/mol. The lowest BCUT2D eigenvalue weighted by atomic mass is 10.2. The first-order chi connectivity index (χ1) is 13.0. The van der Waals surface area contributed by atoms with Crippen LogP contribution in [0.1, 0.15) is 28.2 Å². The normalized spacial score (nSPS) is 20.2. The average molecular weight is 407 g/mol. The summed E-state index contributed by atoms with van der Waals surface area (Å²) in [6, 6.07) is 8.83. The van der Waals surface area contributed by atoms with Crippen molar-refractivity contribution < 1.29 is 9.18 Å². The minimum absolute atomic E-state index is 0. The molecule has 2 aliphatic rings. The number of carbonyl (C=O) groups is 1. The average Bonchev–Trinajstić information content (AvgIpc) is 3.28. The monoisotopic (exact) mass is 406 g/mol. The summed E-state index contributed by atoms with van der Waals surface area (Å²) < 4.78 is 15.3. The summed E-state index contributed by atoms with van der Waals surface area (Å²) in [5, 5.41) is 3.39. The summed E-state index contributed by atoms with van der Waals surface area (Å²) in [5.74, 6) is -0.150. The smallest absolute Gasteiger partial charge is 0.255 e. The largest absolute Gasteiger partial charge is 0.337 e.